The molecule has 3 heteroatoms. The highest BCUT2D eigenvalue weighted by molar-refractivity contribution is 4.86. The average Bonchev–Trinajstić information content (AvgIpc) is 2.30. The lowest BCUT2D eigenvalue weighted by Crippen LogP contribution is -2.46. The van der Waals surface area contributed by atoms with Crippen LogP contribution in [0.1, 0.15) is 32.6 Å². The topological polar surface area (TPSA) is 32.7 Å². The molecule has 1 unspecified atom stereocenters. The molecule has 2 aliphatic heterocycles. The Morgan fingerprint density at radius 3 is 2.75 bits per heavy atom. The van der Waals surface area contributed by atoms with Crippen LogP contribution in [0, 0.1) is 11.3 Å². The van der Waals surface area contributed by atoms with Crippen LogP contribution in [0.3, 0.4) is 0 Å². The van der Waals surface area contributed by atoms with Crippen molar-refractivity contribution in [3.63, 3.8) is 0 Å². The number of ether oxygens (including phenoxy) is 1. The maximum absolute atomic E-state index is 9.66. The summed E-state index contributed by atoms with van der Waals surface area (Å²) in [4.78, 5) is 2.55. The normalized spacial score (nSPS) is 31.5. The van der Waals surface area contributed by atoms with Crippen molar-refractivity contribution in [2.75, 3.05) is 39.5 Å². The molecule has 16 heavy (non-hydrogen) atoms. The summed E-state index contributed by atoms with van der Waals surface area (Å²) < 4.78 is 5.41. The van der Waals surface area contributed by atoms with E-state index in [0.717, 1.165) is 38.5 Å². The molecular formula is C13H25NO2. The first-order chi connectivity index (χ1) is 7.74. The fraction of sp³-hybridized carbons (Fsp3) is 1.00. The standard InChI is InChI=1S/C13H25NO2/c1-12-3-2-6-14(9-12)10-13(11-15)4-7-16-8-5-13/h12,15H,2-11H2,1H3. The van der Waals surface area contributed by atoms with Gasteiger partial charge in [-0.05, 0) is 38.1 Å². The zero-order valence-electron chi connectivity index (χ0n) is 10.5. The molecule has 3 nitrogen and oxygen atoms in total. The van der Waals surface area contributed by atoms with Gasteiger partial charge in [-0.2, -0.15) is 0 Å². The van der Waals surface area contributed by atoms with Crippen LogP contribution < -0.4 is 0 Å². The lowest BCUT2D eigenvalue weighted by molar-refractivity contribution is -0.0391. The number of hydrogen-bond acceptors (Lipinski definition) is 3. The van der Waals surface area contributed by atoms with Crippen LogP contribution >= 0.6 is 0 Å². The van der Waals surface area contributed by atoms with Gasteiger partial charge in [-0.25, -0.2) is 0 Å². The Morgan fingerprint density at radius 1 is 1.38 bits per heavy atom. The van der Waals surface area contributed by atoms with Crippen molar-refractivity contribution < 1.29 is 9.84 Å². The molecule has 94 valence electrons. The average molecular weight is 227 g/mol. The molecule has 0 spiro atoms. The fourth-order valence-corrected chi connectivity index (χ4v) is 3.08. The monoisotopic (exact) mass is 227 g/mol. The van der Waals surface area contributed by atoms with Crippen molar-refractivity contribution in [3.05, 3.63) is 0 Å². The van der Waals surface area contributed by atoms with E-state index in [1.54, 1.807) is 0 Å². The van der Waals surface area contributed by atoms with Crippen LogP contribution in [0.4, 0.5) is 0 Å². The summed E-state index contributed by atoms with van der Waals surface area (Å²) in [5, 5.41) is 9.66. The summed E-state index contributed by atoms with van der Waals surface area (Å²) in [5.74, 6) is 0.823. The molecule has 0 bridgehead atoms. The molecule has 0 aromatic heterocycles. The van der Waals surface area contributed by atoms with Crippen LogP contribution in [-0.2, 0) is 4.74 Å². The molecule has 2 aliphatic rings. The Labute approximate surface area is 98.8 Å². The molecule has 1 atom stereocenters. The number of likely N-dealkylation sites (tertiary alicyclic amines) is 1. The van der Waals surface area contributed by atoms with Gasteiger partial charge >= 0.3 is 0 Å². The zero-order chi connectivity index (χ0) is 11.4. The molecule has 2 fully saturated rings. The molecular weight excluding hydrogens is 202 g/mol. The third kappa shape index (κ3) is 2.96. The molecule has 1 N–H and O–H groups in total. The quantitative estimate of drug-likeness (QED) is 0.793. The fourth-order valence-electron chi connectivity index (χ4n) is 3.08. The molecule has 2 saturated heterocycles. The van der Waals surface area contributed by atoms with Crippen LogP contribution in [-0.4, -0.2) is 49.5 Å². The third-order valence-corrected chi connectivity index (χ3v) is 4.19. The summed E-state index contributed by atoms with van der Waals surface area (Å²) in [6, 6.07) is 0. The maximum atomic E-state index is 9.66. The summed E-state index contributed by atoms with van der Waals surface area (Å²) in [6.07, 6.45) is 4.73. The molecule has 2 rings (SSSR count). The first-order valence-corrected chi connectivity index (χ1v) is 6.65. The van der Waals surface area contributed by atoms with Crippen LogP contribution in [0.2, 0.25) is 0 Å². The van der Waals surface area contributed by atoms with Gasteiger partial charge in [0.1, 0.15) is 0 Å². The largest absolute Gasteiger partial charge is 0.396 e. The summed E-state index contributed by atoms with van der Waals surface area (Å²) in [7, 11) is 0. The second kappa shape index (κ2) is 5.48. The molecule has 0 saturated carbocycles. The van der Waals surface area contributed by atoms with Crippen molar-refractivity contribution in [2.45, 2.75) is 32.6 Å². The van der Waals surface area contributed by atoms with E-state index in [4.69, 9.17) is 4.74 Å². The number of piperidine rings is 1. The minimum Gasteiger partial charge on any atom is -0.396 e. The van der Waals surface area contributed by atoms with E-state index in [9.17, 15) is 5.11 Å². The number of aliphatic hydroxyl groups is 1. The minimum atomic E-state index is 0.120. The molecule has 0 aromatic carbocycles. The van der Waals surface area contributed by atoms with Crippen molar-refractivity contribution in [2.24, 2.45) is 11.3 Å². The Balaban J connectivity index is 1.89. The van der Waals surface area contributed by atoms with Gasteiger partial charge in [-0.3, -0.25) is 0 Å². The SMILES string of the molecule is CC1CCCN(CC2(CO)CCOCC2)C1. The predicted molar refractivity (Wildman–Crippen MR) is 64.4 cm³/mol. The number of hydrogen-bond donors (Lipinski definition) is 1. The molecule has 0 aliphatic carbocycles. The van der Waals surface area contributed by atoms with Gasteiger partial charge in [0.05, 0.1) is 6.61 Å². The molecule has 0 radical (unpaired) electrons. The Hall–Kier alpha value is -0.120. The first kappa shape index (κ1) is 12.3. The van der Waals surface area contributed by atoms with E-state index in [1.165, 1.54) is 25.9 Å². The van der Waals surface area contributed by atoms with E-state index in [-0.39, 0.29) is 5.41 Å². The van der Waals surface area contributed by atoms with Gasteiger partial charge in [0.25, 0.3) is 0 Å². The van der Waals surface area contributed by atoms with E-state index in [1.807, 2.05) is 0 Å². The number of rotatable bonds is 3. The summed E-state index contributed by atoms with van der Waals surface area (Å²) in [5.41, 5.74) is 0.120. The molecule has 0 aromatic rings. The second-order valence-corrected chi connectivity index (χ2v) is 5.75. The highest BCUT2D eigenvalue weighted by Crippen LogP contribution is 2.32. The number of nitrogens with zero attached hydrogens (tertiary/aromatic N) is 1. The Bertz CT molecular complexity index is 214. The van der Waals surface area contributed by atoms with Gasteiger partial charge in [0.15, 0.2) is 0 Å². The van der Waals surface area contributed by atoms with Crippen molar-refractivity contribution in [1.29, 1.82) is 0 Å². The summed E-state index contributed by atoms with van der Waals surface area (Å²) >= 11 is 0. The number of aliphatic hydroxyl groups excluding tert-OH is 1. The van der Waals surface area contributed by atoms with Gasteiger partial charge < -0.3 is 14.7 Å². The predicted octanol–water partition coefficient (Wildman–Crippen LogP) is 1.51. The smallest absolute Gasteiger partial charge is 0.0501 e. The second-order valence-electron chi connectivity index (χ2n) is 5.75. The maximum Gasteiger partial charge on any atom is 0.0501 e. The molecule has 0 amide bonds. The minimum absolute atomic E-state index is 0.120. The van der Waals surface area contributed by atoms with Gasteiger partial charge in [0, 0.05) is 31.7 Å². The van der Waals surface area contributed by atoms with E-state index >= 15 is 0 Å². The lowest BCUT2D eigenvalue weighted by Gasteiger charge is -2.42. The summed E-state index contributed by atoms with van der Waals surface area (Å²) in [6.45, 7) is 7.80. The van der Waals surface area contributed by atoms with Crippen molar-refractivity contribution in [3.8, 4) is 0 Å². The zero-order valence-corrected chi connectivity index (χ0v) is 10.5. The first-order valence-electron chi connectivity index (χ1n) is 6.65. The third-order valence-electron chi connectivity index (χ3n) is 4.19. The molecule has 2 heterocycles. The van der Waals surface area contributed by atoms with E-state index < -0.39 is 0 Å². The van der Waals surface area contributed by atoms with Gasteiger partial charge in [-0.1, -0.05) is 6.92 Å². The van der Waals surface area contributed by atoms with Crippen molar-refractivity contribution in [1.82, 2.24) is 4.90 Å². The lowest BCUT2D eigenvalue weighted by atomic mass is 9.80. The van der Waals surface area contributed by atoms with Crippen LogP contribution in [0.15, 0.2) is 0 Å². The van der Waals surface area contributed by atoms with Gasteiger partial charge in [-0.15, -0.1) is 0 Å². The van der Waals surface area contributed by atoms with Crippen molar-refractivity contribution >= 4 is 0 Å². The highest BCUT2D eigenvalue weighted by atomic mass is 16.5. The van der Waals surface area contributed by atoms with Gasteiger partial charge in [0.2, 0.25) is 0 Å². The Morgan fingerprint density at radius 2 is 2.12 bits per heavy atom. The van der Waals surface area contributed by atoms with E-state index in [2.05, 4.69) is 11.8 Å². The van der Waals surface area contributed by atoms with E-state index in [0.29, 0.717) is 6.61 Å². The Kier molecular flexibility index (Phi) is 4.22. The highest BCUT2D eigenvalue weighted by Gasteiger charge is 2.34. The van der Waals surface area contributed by atoms with Crippen LogP contribution in [0.25, 0.3) is 0 Å². The van der Waals surface area contributed by atoms with Crippen LogP contribution in [0.5, 0.6) is 0 Å².